The van der Waals surface area contributed by atoms with Crippen molar-refractivity contribution in [2.24, 2.45) is 0 Å². The Hall–Kier alpha value is -7.55. The van der Waals surface area contributed by atoms with Crippen molar-refractivity contribution >= 4 is 50.9 Å². The van der Waals surface area contributed by atoms with E-state index in [2.05, 4.69) is 0 Å². The Morgan fingerprint density at radius 1 is 0.477 bits per heavy atom. The number of carbonyl (C=O) groups excluding carboxylic acids is 4. The van der Waals surface area contributed by atoms with Gasteiger partial charge in [-0.2, -0.15) is 13.2 Å². The van der Waals surface area contributed by atoms with Crippen molar-refractivity contribution in [1.29, 1.82) is 0 Å². The summed E-state index contributed by atoms with van der Waals surface area (Å²) in [4.78, 5) is 111. The van der Waals surface area contributed by atoms with E-state index in [1.165, 1.54) is 25.2 Å². The first-order valence-electron chi connectivity index (χ1n) is 20.6. The van der Waals surface area contributed by atoms with E-state index in [1.54, 1.807) is 33.8 Å². The fraction of sp³-hybridized carbons (Fsp3) is 0.240. The molecule has 0 saturated heterocycles. The monoisotopic (exact) mass is 880 g/mol. The molecule has 0 spiro atoms. The number of carbonyl (C=O) groups is 4. The summed E-state index contributed by atoms with van der Waals surface area (Å²) in [5, 5.41) is -0.172. The number of hydrogen-bond acceptors (Lipinski definition) is 8. The molecule has 15 heteroatoms. The summed E-state index contributed by atoms with van der Waals surface area (Å²) >= 11 is 0. The van der Waals surface area contributed by atoms with Gasteiger partial charge in [0, 0.05) is 7.05 Å². The van der Waals surface area contributed by atoms with Crippen molar-refractivity contribution in [1.82, 2.24) is 14.0 Å². The SMILES string of the molecule is Cc1cc(C)c(-n2c(=O)c3cc4c(=O)n(Cc5c(C)cc(C)c(N6C(=O)c7ccc([C@](C)(c8ccc9c(c8)C(=O)N(C)C9=O)C(F)(F)F)cc7C6=O)c5C)c(=O)c4cc3c2=O)c(C)c1C. The van der Waals surface area contributed by atoms with Crippen LogP contribution in [0.4, 0.5) is 18.9 Å². The molecule has 9 rings (SSSR count). The van der Waals surface area contributed by atoms with Crippen LogP contribution in [0.5, 0.6) is 0 Å². The molecule has 2 aliphatic heterocycles. The molecule has 0 N–H and O–H groups in total. The minimum absolute atomic E-state index is 0.0187. The number of fused-ring (bicyclic) bond motifs is 4. The summed E-state index contributed by atoms with van der Waals surface area (Å²) in [6.07, 6.45) is -4.98. The van der Waals surface area contributed by atoms with Crippen molar-refractivity contribution in [2.45, 2.75) is 73.5 Å². The quantitative estimate of drug-likeness (QED) is 0.162. The Labute approximate surface area is 367 Å². The highest BCUT2D eigenvalue weighted by molar-refractivity contribution is 6.35. The van der Waals surface area contributed by atoms with Gasteiger partial charge in [-0.1, -0.05) is 24.3 Å². The number of benzene rings is 5. The highest BCUT2D eigenvalue weighted by Crippen LogP contribution is 2.48. The molecule has 65 heavy (non-hydrogen) atoms. The number of alkyl halides is 3. The van der Waals surface area contributed by atoms with E-state index in [-0.39, 0.29) is 61.6 Å². The van der Waals surface area contributed by atoms with E-state index in [1.807, 2.05) is 26.8 Å². The standard InChI is InChI=1S/C50H39F3N4O8/c1-21-14-23(3)39(26(6)25(21)5)56-47(64)36-18-34-35(19-37(36)48(56)65)44(61)55(43(34)60)20-38-22(2)15-24(4)40(27(38)7)57-45(62)31-13-11-29(17-33(31)46(57)63)49(8,50(51,52)53)28-10-12-30-32(16-28)42(59)54(9)41(30)58/h10-19H,20H2,1-9H3/t49-/m0/s1. The number of nitrogens with zero attached hydrogens (tertiary/aromatic N) is 4. The van der Waals surface area contributed by atoms with E-state index in [4.69, 9.17) is 0 Å². The molecule has 0 aliphatic carbocycles. The van der Waals surface area contributed by atoms with Crippen LogP contribution in [-0.2, 0) is 12.0 Å². The number of aryl methyl sites for hydroxylation is 4. The second-order valence-corrected chi connectivity index (χ2v) is 17.4. The van der Waals surface area contributed by atoms with Gasteiger partial charge in [-0.3, -0.25) is 47.8 Å². The molecule has 12 nitrogen and oxygen atoms in total. The van der Waals surface area contributed by atoms with E-state index < -0.39 is 63.0 Å². The van der Waals surface area contributed by atoms with Gasteiger partial charge in [0.1, 0.15) is 5.41 Å². The third-order valence-electron chi connectivity index (χ3n) is 13.8. The molecule has 4 heterocycles. The lowest BCUT2D eigenvalue weighted by molar-refractivity contribution is -0.173. The molecule has 0 radical (unpaired) electrons. The van der Waals surface area contributed by atoms with Crippen molar-refractivity contribution in [3.8, 4) is 5.69 Å². The van der Waals surface area contributed by atoms with Gasteiger partial charge in [0.25, 0.3) is 45.9 Å². The predicted octanol–water partition coefficient (Wildman–Crippen LogP) is 7.00. The first-order valence-corrected chi connectivity index (χ1v) is 20.6. The van der Waals surface area contributed by atoms with Crippen molar-refractivity contribution in [3.63, 3.8) is 0 Å². The lowest BCUT2D eigenvalue weighted by atomic mass is 9.74. The van der Waals surface area contributed by atoms with Gasteiger partial charge in [0.05, 0.1) is 61.7 Å². The van der Waals surface area contributed by atoms with Gasteiger partial charge >= 0.3 is 6.18 Å². The second kappa shape index (κ2) is 14.0. The lowest BCUT2D eigenvalue weighted by Gasteiger charge is -2.33. The summed E-state index contributed by atoms with van der Waals surface area (Å²) < 4.78 is 47.8. The summed E-state index contributed by atoms with van der Waals surface area (Å²) in [7, 11) is 1.23. The summed E-state index contributed by atoms with van der Waals surface area (Å²) in [5.41, 5.74) is -1.19. The molecule has 0 saturated carbocycles. The summed E-state index contributed by atoms with van der Waals surface area (Å²) in [6.45, 7) is 13.0. The Morgan fingerprint density at radius 2 is 0.923 bits per heavy atom. The van der Waals surface area contributed by atoms with Crippen molar-refractivity contribution in [3.05, 3.63) is 180 Å². The average Bonchev–Trinajstić information content (AvgIpc) is 3.83. The van der Waals surface area contributed by atoms with Crippen LogP contribution in [-0.4, -0.2) is 50.9 Å². The highest BCUT2D eigenvalue weighted by atomic mass is 19.4. The third kappa shape index (κ3) is 5.69. The first-order chi connectivity index (χ1) is 30.4. The van der Waals surface area contributed by atoms with Crippen LogP contribution < -0.4 is 27.1 Å². The van der Waals surface area contributed by atoms with Crippen LogP contribution in [0.2, 0.25) is 0 Å². The molecule has 328 valence electrons. The molecular formula is C50H39F3N4O8. The van der Waals surface area contributed by atoms with E-state index in [0.29, 0.717) is 33.5 Å². The van der Waals surface area contributed by atoms with Crippen molar-refractivity contribution < 1.29 is 32.3 Å². The fourth-order valence-corrected chi connectivity index (χ4v) is 9.87. The number of halogens is 3. The zero-order valence-corrected chi connectivity index (χ0v) is 36.7. The zero-order chi connectivity index (χ0) is 47.3. The van der Waals surface area contributed by atoms with Gasteiger partial charge in [-0.15, -0.1) is 0 Å². The molecular weight excluding hydrogens is 842 g/mol. The maximum Gasteiger partial charge on any atom is 0.402 e. The lowest BCUT2D eigenvalue weighted by Crippen LogP contribution is -2.41. The van der Waals surface area contributed by atoms with Gasteiger partial charge in [-0.05, 0) is 147 Å². The molecule has 7 aromatic rings. The van der Waals surface area contributed by atoms with Gasteiger partial charge in [0.15, 0.2) is 0 Å². The Morgan fingerprint density at radius 3 is 1.46 bits per heavy atom. The van der Waals surface area contributed by atoms with Crippen LogP contribution in [0, 0.1) is 48.5 Å². The second-order valence-electron chi connectivity index (χ2n) is 17.4. The third-order valence-corrected chi connectivity index (χ3v) is 13.8. The van der Waals surface area contributed by atoms with Crippen LogP contribution in [0.3, 0.4) is 0 Å². The van der Waals surface area contributed by atoms with Crippen LogP contribution in [0.1, 0.15) is 104 Å². The Kier molecular flexibility index (Phi) is 9.19. The van der Waals surface area contributed by atoms with Crippen LogP contribution in [0.15, 0.2) is 79.8 Å². The zero-order valence-electron chi connectivity index (χ0n) is 36.7. The molecule has 1 atom stereocenters. The number of imide groups is 2. The average molecular weight is 881 g/mol. The van der Waals surface area contributed by atoms with E-state index in [0.717, 1.165) is 72.9 Å². The smallest absolute Gasteiger partial charge is 0.277 e. The van der Waals surface area contributed by atoms with Crippen molar-refractivity contribution in [2.75, 3.05) is 11.9 Å². The number of anilines is 1. The van der Waals surface area contributed by atoms with Crippen LogP contribution in [0.25, 0.3) is 27.2 Å². The van der Waals surface area contributed by atoms with E-state index >= 15 is 13.2 Å². The normalized spacial score (nSPS) is 15.0. The molecule has 0 unspecified atom stereocenters. The minimum atomic E-state index is -4.98. The Bertz CT molecular complexity index is 3570. The van der Waals surface area contributed by atoms with Crippen LogP contribution >= 0.6 is 0 Å². The summed E-state index contributed by atoms with van der Waals surface area (Å²) in [5.74, 6) is -3.11. The molecule has 2 aromatic heterocycles. The maximum atomic E-state index is 15.3. The topological polar surface area (TPSA) is 153 Å². The molecule has 0 fully saturated rings. The summed E-state index contributed by atoms with van der Waals surface area (Å²) in [6, 6.07) is 12.7. The Balaban J connectivity index is 1.11. The number of amides is 4. The predicted molar refractivity (Wildman–Crippen MR) is 238 cm³/mol. The van der Waals surface area contributed by atoms with Gasteiger partial charge < -0.3 is 0 Å². The van der Waals surface area contributed by atoms with E-state index in [9.17, 15) is 38.4 Å². The highest BCUT2D eigenvalue weighted by Gasteiger charge is 2.55. The van der Waals surface area contributed by atoms with Gasteiger partial charge in [-0.25, -0.2) is 9.47 Å². The number of rotatable bonds is 6. The fourth-order valence-electron chi connectivity index (χ4n) is 9.87. The number of aromatic nitrogens is 2. The number of hydrogen-bond donors (Lipinski definition) is 0. The molecule has 0 bridgehead atoms. The minimum Gasteiger partial charge on any atom is -0.277 e. The largest absolute Gasteiger partial charge is 0.402 e. The maximum absolute atomic E-state index is 15.3. The molecule has 2 aliphatic rings. The van der Waals surface area contributed by atoms with Gasteiger partial charge in [0.2, 0.25) is 0 Å². The molecule has 4 amide bonds. The molecule has 5 aromatic carbocycles. The first kappa shape index (κ1) is 42.7.